The van der Waals surface area contributed by atoms with Gasteiger partial charge in [0.15, 0.2) is 0 Å². The molecule has 0 aromatic heterocycles. The van der Waals surface area contributed by atoms with Crippen LogP contribution in [-0.4, -0.2) is 56.0 Å². The number of carbonyl (C=O) groups is 2. The summed E-state index contributed by atoms with van der Waals surface area (Å²) in [5.74, 6) is -0.286. The van der Waals surface area contributed by atoms with Gasteiger partial charge in [0, 0.05) is 55.6 Å². The van der Waals surface area contributed by atoms with E-state index in [0.717, 1.165) is 31.9 Å². The van der Waals surface area contributed by atoms with Gasteiger partial charge in [-0.2, -0.15) is 0 Å². The predicted octanol–water partition coefficient (Wildman–Crippen LogP) is 2.59. The summed E-state index contributed by atoms with van der Waals surface area (Å²) >= 11 is 0. The van der Waals surface area contributed by atoms with Gasteiger partial charge in [0.05, 0.1) is 0 Å². The van der Waals surface area contributed by atoms with Gasteiger partial charge in [-0.15, -0.1) is 0 Å². The number of rotatable bonds is 6. The first-order valence-electron chi connectivity index (χ1n) is 9.70. The van der Waals surface area contributed by atoms with E-state index in [1.807, 2.05) is 49.4 Å². The molecule has 6 nitrogen and oxygen atoms in total. The summed E-state index contributed by atoms with van der Waals surface area (Å²) in [5, 5.41) is 5.76. The Bertz CT molecular complexity index is 784. The number of amides is 2. The summed E-state index contributed by atoms with van der Waals surface area (Å²) in [6.07, 6.45) is 0.221. The Morgan fingerprint density at radius 3 is 2.25 bits per heavy atom. The Kier molecular flexibility index (Phi) is 6.66. The Hall–Kier alpha value is -2.86. The standard InChI is InChI=1S/C22H28N4O2/c1-17(23-22(28)18-6-4-3-5-7-18)16-21(27)24-19-8-10-20(11-9-19)26-14-12-25(2)13-15-26/h3-11,17H,12-16H2,1-2H3,(H,23,28)(H,24,27). The summed E-state index contributed by atoms with van der Waals surface area (Å²) < 4.78 is 0. The van der Waals surface area contributed by atoms with E-state index in [9.17, 15) is 9.59 Å². The van der Waals surface area contributed by atoms with E-state index in [0.29, 0.717) is 5.56 Å². The molecule has 0 spiro atoms. The molecule has 0 bridgehead atoms. The van der Waals surface area contributed by atoms with Crippen LogP contribution < -0.4 is 15.5 Å². The van der Waals surface area contributed by atoms with E-state index in [2.05, 4.69) is 27.5 Å². The molecule has 1 aliphatic rings. The Morgan fingerprint density at radius 2 is 1.61 bits per heavy atom. The Morgan fingerprint density at radius 1 is 0.964 bits per heavy atom. The fraction of sp³-hybridized carbons (Fsp3) is 0.364. The van der Waals surface area contributed by atoms with E-state index in [1.165, 1.54) is 5.69 Å². The molecule has 0 radical (unpaired) electrons. The highest BCUT2D eigenvalue weighted by atomic mass is 16.2. The average Bonchev–Trinajstić information content (AvgIpc) is 2.69. The molecule has 2 aromatic carbocycles. The molecule has 0 aliphatic carbocycles. The number of benzene rings is 2. The van der Waals surface area contributed by atoms with Gasteiger partial charge in [-0.1, -0.05) is 18.2 Å². The van der Waals surface area contributed by atoms with Gasteiger partial charge in [-0.05, 0) is 50.4 Å². The Balaban J connectivity index is 1.47. The number of likely N-dealkylation sites (N-methyl/N-ethyl adjacent to an activating group) is 1. The first-order valence-corrected chi connectivity index (χ1v) is 9.70. The lowest BCUT2D eigenvalue weighted by Crippen LogP contribution is -2.44. The van der Waals surface area contributed by atoms with Gasteiger partial charge >= 0.3 is 0 Å². The van der Waals surface area contributed by atoms with Crippen molar-refractivity contribution in [2.45, 2.75) is 19.4 Å². The highest BCUT2D eigenvalue weighted by Crippen LogP contribution is 2.19. The number of nitrogens with one attached hydrogen (secondary N) is 2. The number of hydrogen-bond acceptors (Lipinski definition) is 4. The lowest BCUT2D eigenvalue weighted by molar-refractivity contribution is -0.116. The molecule has 6 heteroatoms. The highest BCUT2D eigenvalue weighted by Gasteiger charge is 2.15. The maximum atomic E-state index is 12.3. The van der Waals surface area contributed by atoms with Crippen molar-refractivity contribution in [3.8, 4) is 0 Å². The van der Waals surface area contributed by atoms with E-state index in [1.54, 1.807) is 12.1 Å². The molecule has 148 valence electrons. The van der Waals surface area contributed by atoms with Crippen LogP contribution in [0.25, 0.3) is 0 Å². The summed E-state index contributed by atoms with van der Waals surface area (Å²) in [6.45, 7) is 5.98. The van der Waals surface area contributed by atoms with Gasteiger partial charge in [-0.25, -0.2) is 0 Å². The molecular formula is C22H28N4O2. The van der Waals surface area contributed by atoms with Crippen molar-refractivity contribution in [1.29, 1.82) is 0 Å². The minimum Gasteiger partial charge on any atom is -0.369 e. The lowest BCUT2D eigenvalue weighted by Gasteiger charge is -2.34. The van der Waals surface area contributed by atoms with E-state index < -0.39 is 0 Å². The maximum absolute atomic E-state index is 12.3. The molecule has 0 saturated carbocycles. The van der Waals surface area contributed by atoms with Gasteiger partial charge < -0.3 is 20.4 Å². The maximum Gasteiger partial charge on any atom is 0.251 e. The van der Waals surface area contributed by atoms with Gasteiger partial charge in [0.2, 0.25) is 5.91 Å². The first-order chi connectivity index (χ1) is 13.5. The molecule has 1 aliphatic heterocycles. The minimum absolute atomic E-state index is 0.117. The van der Waals surface area contributed by atoms with Crippen molar-refractivity contribution >= 4 is 23.2 Å². The molecule has 1 unspecified atom stereocenters. The average molecular weight is 380 g/mol. The minimum atomic E-state index is -0.252. The molecule has 28 heavy (non-hydrogen) atoms. The molecule has 2 N–H and O–H groups in total. The SMILES string of the molecule is CC(CC(=O)Nc1ccc(N2CCN(C)CC2)cc1)NC(=O)c1ccccc1. The van der Waals surface area contributed by atoms with Crippen molar-refractivity contribution in [3.63, 3.8) is 0 Å². The second-order valence-corrected chi connectivity index (χ2v) is 7.33. The third-order valence-electron chi connectivity index (χ3n) is 4.92. The van der Waals surface area contributed by atoms with E-state index in [-0.39, 0.29) is 24.3 Å². The predicted molar refractivity (Wildman–Crippen MR) is 113 cm³/mol. The van der Waals surface area contributed by atoms with Crippen LogP contribution in [0.5, 0.6) is 0 Å². The van der Waals surface area contributed by atoms with Crippen LogP contribution in [0.15, 0.2) is 54.6 Å². The van der Waals surface area contributed by atoms with Crippen molar-refractivity contribution in [1.82, 2.24) is 10.2 Å². The molecule has 3 rings (SSSR count). The second-order valence-electron chi connectivity index (χ2n) is 7.33. The molecule has 1 atom stereocenters. The van der Waals surface area contributed by atoms with Crippen LogP contribution in [0.1, 0.15) is 23.7 Å². The molecule has 2 aromatic rings. The number of hydrogen-bond donors (Lipinski definition) is 2. The zero-order valence-electron chi connectivity index (χ0n) is 16.5. The highest BCUT2D eigenvalue weighted by molar-refractivity contribution is 5.95. The topological polar surface area (TPSA) is 64.7 Å². The third kappa shape index (κ3) is 5.57. The number of nitrogens with zero attached hydrogens (tertiary/aromatic N) is 2. The quantitative estimate of drug-likeness (QED) is 0.809. The van der Waals surface area contributed by atoms with Crippen LogP contribution in [0.2, 0.25) is 0 Å². The molecule has 1 fully saturated rings. The summed E-state index contributed by atoms with van der Waals surface area (Å²) in [6, 6.07) is 16.7. The van der Waals surface area contributed by atoms with Crippen LogP contribution in [0.3, 0.4) is 0 Å². The van der Waals surface area contributed by atoms with Gasteiger partial charge in [0.1, 0.15) is 0 Å². The van der Waals surface area contributed by atoms with Crippen molar-refractivity contribution in [3.05, 3.63) is 60.2 Å². The summed E-state index contributed by atoms with van der Waals surface area (Å²) in [7, 11) is 2.14. The molecule has 1 heterocycles. The molecule has 2 amide bonds. The zero-order valence-corrected chi connectivity index (χ0v) is 16.5. The number of anilines is 2. The number of piperazine rings is 1. The van der Waals surface area contributed by atoms with Gasteiger partial charge in [0.25, 0.3) is 5.91 Å². The normalized spacial score (nSPS) is 15.7. The fourth-order valence-electron chi connectivity index (χ4n) is 3.26. The summed E-state index contributed by atoms with van der Waals surface area (Å²) in [5.41, 5.74) is 2.54. The van der Waals surface area contributed by atoms with Crippen LogP contribution in [0.4, 0.5) is 11.4 Å². The Labute approximate surface area is 166 Å². The van der Waals surface area contributed by atoms with Crippen molar-refractivity contribution < 1.29 is 9.59 Å². The van der Waals surface area contributed by atoms with Crippen LogP contribution >= 0.6 is 0 Å². The largest absolute Gasteiger partial charge is 0.369 e. The van der Waals surface area contributed by atoms with E-state index >= 15 is 0 Å². The van der Waals surface area contributed by atoms with Crippen molar-refractivity contribution in [2.24, 2.45) is 0 Å². The monoisotopic (exact) mass is 380 g/mol. The van der Waals surface area contributed by atoms with Gasteiger partial charge in [-0.3, -0.25) is 9.59 Å². The second kappa shape index (κ2) is 9.37. The molecular weight excluding hydrogens is 352 g/mol. The summed E-state index contributed by atoms with van der Waals surface area (Å²) in [4.78, 5) is 29.1. The van der Waals surface area contributed by atoms with Crippen molar-refractivity contribution in [2.75, 3.05) is 43.4 Å². The number of carbonyl (C=O) groups excluding carboxylic acids is 2. The smallest absolute Gasteiger partial charge is 0.251 e. The van der Waals surface area contributed by atoms with Crippen LogP contribution in [-0.2, 0) is 4.79 Å². The molecule has 1 saturated heterocycles. The van der Waals surface area contributed by atoms with E-state index in [4.69, 9.17) is 0 Å². The lowest BCUT2D eigenvalue weighted by atomic mass is 10.1. The van der Waals surface area contributed by atoms with Crippen LogP contribution in [0, 0.1) is 0 Å². The zero-order chi connectivity index (χ0) is 19.9. The first kappa shape index (κ1) is 19.9. The fourth-order valence-corrected chi connectivity index (χ4v) is 3.26. The third-order valence-corrected chi connectivity index (χ3v) is 4.92.